The third-order valence-corrected chi connectivity index (χ3v) is 4.19. The molecule has 1 unspecified atom stereocenters. The number of rotatable bonds is 3. The van der Waals surface area contributed by atoms with Gasteiger partial charge in [-0.1, -0.05) is 68.4 Å². The van der Waals surface area contributed by atoms with Crippen LogP contribution in [0.5, 0.6) is 0 Å². The molecule has 120 valence electrons. The first kappa shape index (κ1) is 15.6. The standard InChI is InChI=1S/C20H23NO2/c1-15(2)14-23-20(22)21-12-17-10-6-7-11-18(17)19(13-21)16-8-4-3-5-9-16/h3-11,15,19H,12-14H2,1-2H3. The van der Waals surface area contributed by atoms with Gasteiger partial charge in [0.1, 0.15) is 0 Å². The van der Waals surface area contributed by atoms with Gasteiger partial charge in [-0.15, -0.1) is 0 Å². The van der Waals surface area contributed by atoms with Crippen LogP contribution >= 0.6 is 0 Å². The molecule has 0 bridgehead atoms. The Hall–Kier alpha value is -2.29. The van der Waals surface area contributed by atoms with Gasteiger partial charge in [-0.25, -0.2) is 4.79 Å². The summed E-state index contributed by atoms with van der Waals surface area (Å²) in [5, 5.41) is 0. The highest BCUT2D eigenvalue weighted by Crippen LogP contribution is 2.33. The Kier molecular flexibility index (Phi) is 4.65. The van der Waals surface area contributed by atoms with E-state index in [0.29, 0.717) is 25.6 Å². The number of benzene rings is 2. The minimum atomic E-state index is -0.214. The molecular formula is C20H23NO2. The van der Waals surface area contributed by atoms with E-state index in [4.69, 9.17) is 4.74 Å². The van der Waals surface area contributed by atoms with Crippen LogP contribution in [0.3, 0.4) is 0 Å². The van der Waals surface area contributed by atoms with Crippen LogP contribution in [-0.4, -0.2) is 24.1 Å². The molecule has 1 atom stereocenters. The maximum atomic E-state index is 12.4. The minimum absolute atomic E-state index is 0.202. The number of hydrogen-bond acceptors (Lipinski definition) is 2. The van der Waals surface area contributed by atoms with E-state index in [-0.39, 0.29) is 12.0 Å². The van der Waals surface area contributed by atoms with Crippen LogP contribution in [0.15, 0.2) is 54.6 Å². The molecule has 0 saturated carbocycles. The molecule has 1 amide bonds. The molecule has 0 aromatic heterocycles. The third-order valence-electron chi connectivity index (χ3n) is 4.19. The summed E-state index contributed by atoms with van der Waals surface area (Å²) in [6, 6.07) is 18.8. The second-order valence-electron chi connectivity index (χ2n) is 6.51. The van der Waals surface area contributed by atoms with E-state index in [1.807, 2.05) is 43.0 Å². The summed E-state index contributed by atoms with van der Waals surface area (Å²) >= 11 is 0. The highest BCUT2D eigenvalue weighted by Gasteiger charge is 2.29. The molecule has 0 spiro atoms. The summed E-state index contributed by atoms with van der Waals surface area (Å²) in [7, 11) is 0. The van der Waals surface area contributed by atoms with E-state index in [9.17, 15) is 4.79 Å². The zero-order valence-electron chi connectivity index (χ0n) is 13.7. The highest BCUT2D eigenvalue weighted by atomic mass is 16.6. The lowest BCUT2D eigenvalue weighted by Crippen LogP contribution is -2.39. The fraction of sp³-hybridized carbons (Fsp3) is 0.350. The van der Waals surface area contributed by atoms with Crippen molar-refractivity contribution in [1.29, 1.82) is 0 Å². The van der Waals surface area contributed by atoms with E-state index in [0.717, 1.165) is 0 Å². The van der Waals surface area contributed by atoms with Crippen LogP contribution in [0.2, 0.25) is 0 Å². The highest BCUT2D eigenvalue weighted by molar-refractivity contribution is 5.68. The topological polar surface area (TPSA) is 29.5 Å². The molecule has 0 N–H and O–H groups in total. The maximum Gasteiger partial charge on any atom is 0.410 e. The first-order valence-electron chi connectivity index (χ1n) is 8.19. The fourth-order valence-corrected chi connectivity index (χ4v) is 3.05. The Morgan fingerprint density at radius 1 is 1.13 bits per heavy atom. The lowest BCUT2D eigenvalue weighted by molar-refractivity contribution is 0.0860. The van der Waals surface area contributed by atoms with E-state index < -0.39 is 0 Å². The van der Waals surface area contributed by atoms with Gasteiger partial charge >= 0.3 is 6.09 Å². The van der Waals surface area contributed by atoms with Gasteiger partial charge in [0.25, 0.3) is 0 Å². The number of fused-ring (bicyclic) bond motifs is 1. The van der Waals surface area contributed by atoms with Crippen molar-refractivity contribution < 1.29 is 9.53 Å². The Balaban J connectivity index is 1.86. The number of carbonyl (C=O) groups is 1. The Bertz CT molecular complexity index is 666. The summed E-state index contributed by atoms with van der Waals surface area (Å²) < 4.78 is 5.43. The largest absolute Gasteiger partial charge is 0.449 e. The summed E-state index contributed by atoms with van der Waals surface area (Å²) in [4.78, 5) is 14.2. The minimum Gasteiger partial charge on any atom is -0.449 e. The van der Waals surface area contributed by atoms with Gasteiger partial charge in [-0.2, -0.15) is 0 Å². The number of ether oxygens (including phenoxy) is 1. The number of nitrogens with zero attached hydrogens (tertiary/aromatic N) is 1. The Morgan fingerprint density at radius 2 is 1.83 bits per heavy atom. The molecule has 1 aliphatic rings. The van der Waals surface area contributed by atoms with Crippen molar-refractivity contribution in [2.75, 3.05) is 13.2 Å². The molecule has 0 radical (unpaired) electrons. The molecular weight excluding hydrogens is 286 g/mol. The van der Waals surface area contributed by atoms with Crippen molar-refractivity contribution in [2.24, 2.45) is 5.92 Å². The van der Waals surface area contributed by atoms with Crippen LogP contribution in [0.25, 0.3) is 0 Å². The van der Waals surface area contributed by atoms with E-state index >= 15 is 0 Å². The summed E-state index contributed by atoms with van der Waals surface area (Å²) in [5.41, 5.74) is 3.75. The van der Waals surface area contributed by atoms with E-state index in [1.165, 1.54) is 16.7 Å². The first-order valence-corrected chi connectivity index (χ1v) is 8.19. The van der Waals surface area contributed by atoms with Crippen molar-refractivity contribution in [3.63, 3.8) is 0 Å². The van der Waals surface area contributed by atoms with Crippen LogP contribution < -0.4 is 0 Å². The quantitative estimate of drug-likeness (QED) is 0.839. The molecule has 0 saturated heterocycles. The first-order chi connectivity index (χ1) is 11.1. The molecule has 3 heteroatoms. The maximum absolute atomic E-state index is 12.4. The fourth-order valence-electron chi connectivity index (χ4n) is 3.05. The van der Waals surface area contributed by atoms with Gasteiger partial charge in [0, 0.05) is 19.0 Å². The second kappa shape index (κ2) is 6.86. The lowest BCUT2D eigenvalue weighted by Gasteiger charge is -2.34. The van der Waals surface area contributed by atoms with E-state index in [2.05, 4.69) is 30.3 Å². The zero-order chi connectivity index (χ0) is 16.2. The van der Waals surface area contributed by atoms with Crippen LogP contribution in [0.4, 0.5) is 4.79 Å². The van der Waals surface area contributed by atoms with Crippen LogP contribution in [0, 0.1) is 5.92 Å². The number of amides is 1. The van der Waals surface area contributed by atoms with Crippen molar-refractivity contribution in [3.8, 4) is 0 Å². The van der Waals surface area contributed by atoms with Crippen molar-refractivity contribution in [1.82, 2.24) is 4.90 Å². The van der Waals surface area contributed by atoms with Gasteiger partial charge < -0.3 is 9.64 Å². The van der Waals surface area contributed by atoms with Gasteiger partial charge in [0.2, 0.25) is 0 Å². The number of carbonyl (C=O) groups excluding carboxylic acids is 1. The van der Waals surface area contributed by atoms with Crippen molar-refractivity contribution in [3.05, 3.63) is 71.3 Å². The van der Waals surface area contributed by atoms with Crippen LogP contribution in [-0.2, 0) is 11.3 Å². The monoisotopic (exact) mass is 309 g/mol. The van der Waals surface area contributed by atoms with Gasteiger partial charge in [0.05, 0.1) is 6.61 Å². The average molecular weight is 309 g/mol. The molecule has 3 nitrogen and oxygen atoms in total. The van der Waals surface area contributed by atoms with E-state index in [1.54, 1.807) is 0 Å². The van der Waals surface area contributed by atoms with Gasteiger partial charge in [0.15, 0.2) is 0 Å². The molecule has 2 aromatic rings. The molecule has 0 fully saturated rings. The Labute approximate surface area is 137 Å². The zero-order valence-corrected chi connectivity index (χ0v) is 13.7. The SMILES string of the molecule is CC(C)COC(=O)N1Cc2ccccc2C(c2ccccc2)C1. The molecule has 0 aliphatic carbocycles. The average Bonchev–Trinajstić information content (AvgIpc) is 2.59. The van der Waals surface area contributed by atoms with Crippen molar-refractivity contribution >= 4 is 6.09 Å². The summed E-state index contributed by atoms with van der Waals surface area (Å²) in [6.45, 7) is 5.85. The predicted molar refractivity (Wildman–Crippen MR) is 91.3 cm³/mol. The third kappa shape index (κ3) is 3.55. The normalized spacial score (nSPS) is 17.0. The number of hydrogen-bond donors (Lipinski definition) is 0. The van der Waals surface area contributed by atoms with Crippen molar-refractivity contribution in [2.45, 2.75) is 26.3 Å². The molecule has 2 aromatic carbocycles. The molecule has 1 aliphatic heterocycles. The summed E-state index contributed by atoms with van der Waals surface area (Å²) in [5.74, 6) is 0.550. The smallest absolute Gasteiger partial charge is 0.410 e. The summed E-state index contributed by atoms with van der Waals surface area (Å²) in [6.07, 6.45) is -0.214. The molecule has 23 heavy (non-hydrogen) atoms. The van der Waals surface area contributed by atoms with Crippen LogP contribution in [0.1, 0.15) is 36.5 Å². The lowest BCUT2D eigenvalue weighted by atomic mass is 9.85. The molecule has 3 rings (SSSR count). The van der Waals surface area contributed by atoms with Gasteiger partial charge in [-0.3, -0.25) is 0 Å². The second-order valence-corrected chi connectivity index (χ2v) is 6.51. The predicted octanol–water partition coefficient (Wildman–Crippen LogP) is 4.43. The Morgan fingerprint density at radius 3 is 2.57 bits per heavy atom. The molecule has 1 heterocycles. The van der Waals surface area contributed by atoms with Gasteiger partial charge in [-0.05, 0) is 22.6 Å².